The molecule has 0 spiro atoms. The van der Waals surface area contributed by atoms with Crippen LogP contribution in [0.25, 0.3) is 0 Å². The summed E-state index contributed by atoms with van der Waals surface area (Å²) in [6, 6.07) is 0. The molecular weight excluding hydrogens is 210 g/mol. The SMILES string of the molecule is COCCOC.Cl.Cl.[Ni]. The smallest absolute Gasteiger partial charge is 0.0696 e. The first-order valence-corrected chi connectivity index (χ1v) is 1.89. The van der Waals surface area contributed by atoms with Crippen molar-refractivity contribution in [2.24, 2.45) is 0 Å². The Labute approximate surface area is 78.4 Å². The maximum absolute atomic E-state index is 4.66. The molecule has 0 aliphatic rings. The molecule has 0 radical (unpaired) electrons. The summed E-state index contributed by atoms with van der Waals surface area (Å²) in [5.41, 5.74) is 0. The van der Waals surface area contributed by atoms with E-state index in [2.05, 4.69) is 9.47 Å². The molecule has 0 aromatic heterocycles. The number of hydrogen-bond donors (Lipinski definition) is 0. The van der Waals surface area contributed by atoms with Crippen molar-refractivity contribution < 1.29 is 26.0 Å². The predicted octanol–water partition coefficient (Wildman–Crippen LogP) is 1.12. The molecule has 0 saturated carbocycles. The van der Waals surface area contributed by atoms with E-state index in [0.29, 0.717) is 13.2 Å². The van der Waals surface area contributed by atoms with Crippen LogP contribution < -0.4 is 0 Å². The average Bonchev–Trinajstić information content (AvgIpc) is 1.61. The van der Waals surface area contributed by atoms with Gasteiger partial charge in [-0.1, -0.05) is 0 Å². The van der Waals surface area contributed by atoms with Crippen molar-refractivity contribution in [2.75, 3.05) is 27.4 Å². The Morgan fingerprint density at radius 1 is 0.889 bits per heavy atom. The summed E-state index contributed by atoms with van der Waals surface area (Å²) in [5.74, 6) is 0. The minimum atomic E-state index is 0. The number of halogens is 2. The fourth-order valence-corrected chi connectivity index (χ4v) is 0.167. The molecule has 0 fully saturated rings. The van der Waals surface area contributed by atoms with Crippen LogP contribution in [-0.2, 0) is 26.0 Å². The van der Waals surface area contributed by atoms with Gasteiger partial charge in [-0.15, -0.1) is 24.8 Å². The normalized spacial score (nSPS) is 6.00. The Kier molecular flexibility index (Phi) is 57.6. The molecule has 0 amide bonds. The molecule has 0 bridgehead atoms. The molecule has 0 aliphatic carbocycles. The van der Waals surface area contributed by atoms with Crippen LogP contribution in [-0.4, -0.2) is 27.4 Å². The minimum Gasteiger partial charge on any atom is -0.382 e. The van der Waals surface area contributed by atoms with Crippen LogP contribution in [0.4, 0.5) is 0 Å². The summed E-state index contributed by atoms with van der Waals surface area (Å²) < 4.78 is 9.31. The van der Waals surface area contributed by atoms with Gasteiger partial charge in [0.05, 0.1) is 13.2 Å². The van der Waals surface area contributed by atoms with Crippen LogP contribution >= 0.6 is 24.8 Å². The Morgan fingerprint density at radius 2 is 1.11 bits per heavy atom. The van der Waals surface area contributed by atoms with Gasteiger partial charge in [0.15, 0.2) is 0 Å². The molecule has 64 valence electrons. The molecule has 0 atom stereocenters. The van der Waals surface area contributed by atoms with Crippen molar-refractivity contribution in [3.63, 3.8) is 0 Å². The van der Waals surface area contributed by atoms with E-state index >= 15 is 0 Å². The van der Waals surface area contributed by atoms with Crippen LogP contribution in [0.2, 0.25) is 0 Å². The summed E-state index contributed by atoms with van der Waals surface area (Å²) in [5, 5.41) is 0. The van der Waals surface area contributed by atoms with E-state index < -0.39 is 0 Å². The van der Waals surface area contributed by atoms with E-state index in [4.69, 9.17) is 0 Å². The van der Waals surface area contributed by atoms with Gasteiger partial charge in [0.2, 0.25) is 0 Å². The Morgan fingerprint density at radius 3 is 1.22 bits per heavy atom. The van der Waals surface area contributed by atoms with Gasteiger partial charge in [-0.25, -0.2) is 0 Å². The summed E-state index contributed by atoms with van der Waals surface area (Å²) in [4.78, 5) is 0. The maximum Gasteiger partial charge on any atom is 0.0696 e. The second-order valence-corrected chi connectivity index (χ2v) is 0.986. The van der Waals surface area contributed by atoms with Crippen molar-refractivity contribution >= 4 is 24.8 Å². The third kappa shape index (κ3) is 27.6. The van der Waals surface area contributed by atoms with Gasteiger partial charge in [0, 0.05) is 30.7 Å². The third-order valence-corrected chi connectivity index (χ3v) is 0.492. The van der Waals surface area contributed by atoms with E-state index in [1.807, 2.05) is 0 Å². The monoisotopic (exact) mass is 220 g/mol. The number of rotatable bonds is 3. The van der Waals surface area contributed by atoms with E-state index in [9.17, 15) is 0 Å². The van der Waals surface area contributed by atoms with Gasteiger partial charge in [-0.3, -0.25) is 0 Å². The van der Waals surface area contributed by atoms with E-state index in [0.717, 1.165) is 0 Å². The standard InChI is InChI=1S/C4H10O2.2ClH.Ni/c1-5-3-4-6-2;;;/h3-4H2,1-2H3;2*1H;. The van der Waals surface area contributed by atoms with Gasteiger partial charge in [-0.05, 0) is 0 Å². The van der Waals surface area contributed by atoms with Crippen molar-refractivity contribution in [3.05, 3.63) is 0 Å². The molecular formula is C4H12Cl2NiO2. The molecule has 0 heterocycles. The Bertz CT molecular complexity index is 28.5. The zero-order valence-corrected chi connectivity index (χ0v) is 7.98. The molecule has 0 aromatic rings. The topological polar surface area (TPSA) is 18.5 Å². The number of hydrogen-bond acceptors (Lipinski definition) is 2. The first-order valence-electron chi connectivity index (χ1n) is 1.89. The number of methoxy groups -OCH3 is 2. The second kappa shape index (κ2) is 23.0. The van der Waals surface area contributed by atoms with Gasteiger partial charge < -0.3 is 9.47 Å². The second-order valence-electron chi connectivity index (χ2n) is 0.986. The van der Waals surface area contributed by atoms with Gasteiger partial charge >= 0.3 is 0 Å². The zero-order valence-electron chi connectivity index (χ0n) is 5.36. The van der Waals surface area contributed by atoms with E-state index in [1.54, 1.807) is 14.2 Å². The quantitative estimate of drug-likeness (QED) is 0.525. The van der Waals surface area contributed by atoms with Crippen LogP contribution in [0, 0.1) is 0 Å². The van der Waals surface area contributed by atoms with Gasteiger partial charge in [-0.2, -0.15) is 0 Å². The van der Waals surface area contributed by atoms with Crippen molar-refractivity contribution in [2.45, 2.75) is 0 Å². The molecule has 2 nitrogen and oxygen atoms in total. The maximum atomic E-state index is 4.66. The van der Waals surface area contributed by atoms with Crippen LogP contribution in [0.1, 0.15) is 0 Å². The summed E-state index contributed by atoms with van der Waals surface area (Å²) in [7, 11) is 3.30. The van der Waals surface area contributed by atoms with Crippen LogP contribution in [0.3, 0.4) is 0 Å². The average molecular weight is 222 g/mol. The first-order chi connectivity index (χ1) is 2.91. The summed E-state index contributed by atoms with van der Waals surface area (Å²) in [6.07, 6.45) is 0. The molecule has 0 aliphatic heterocycles. The number of ether oxygens (including phenoxy) is 2. The molecule has 5 heteroatoms. The first kappa shape index (κ1) is 22.5. The molecule has 0 saturated heterocycles. The summed E-state index contributed by atoms with van der Waals surface area (Å²) >= 11 is 0. The zero-order chi connectivity index (χ0) is 4.83. The summed E-state index contributed by atoms with van der Waals surface area (Å²) in [6.45, 7) is 1.38. The van der Waals surface area contributed by atoms with Gasteiger partial charge in [0.1, 0.15) is 0 Å². The van der Waals surface area contributed by atoms with Crippen molar-refractivity contribution in [3.8, 4) is 0 Å². The largest absolute Gasteiger partial charge is 0.382 e. The molecule has 9 heavy (non-hydrogen) atoms. The molecule has 0 unspecified atom stereocenters. The fourth-order valence-electron chi connectivity index (χ4n) is 0.167. The van der Waals surface area contributed by atoms with Crippen LogP contribution in [0.15, 0.2) is 0 Å². The van der Waals surface area contributed by atoms with Gasteiger partial charge in [0.25, 0.3) is 0 Å². The van der Waals surface area contributed by atoms with Crippen LogP contribution in [0.5, 0.6) is 0 Å². The van der Waals surface area contributed by atoms with Crippen molar-refractivity contribution in [1.82, 2.24) is 0 Å². The Balaban J connectivity index is -0.0000000417. The third-order valence-electron chi connectivity index (χ3n) is 0.492. The van der Waals surface area contributed by atoms with Crippen molar-refractivity contribution in [1.29, 1.82) is 0 Å². The predicted molar refractivity (Wildman–Crippen MR) is 38.2 cm³/mol. The fraction of sp³-hybridized carbons (Fsp3) is 1.00. The minimum absolute atomic E-state index is 0. The molecule has 0 aromatic carbocycles. The van der Waals surface area contributed by atoms with E-state index in [1.165, 1.54) is 0 Å². The van der Waals surface area contributed by atoms with E-state index in [-0.39, 0.29) is 41.3 Å². The molecule has 0 rings (SSSR count). The molecule has 0 N–H and O–H groups in total. The Hall–Kier alpha value is 0.994.